The molecule has 0 bridgehead atoms. The first-order valence-electron chi connectivity index (χ1n) is 6.11. The fraction of sp³-hybridized carbons (Fsp3) is 0.538. The number of piperidine rings is 1. The van der Waals surface area contributed by atoms with Crippen molar-refractivity contribution >= 4 is 11.6 Å². The van der Waals surface area contributed by atoms with Crippen LogP contribution in [0.5, 0.6) is 5.75 Å². The van der Waals surface area contributed by atoms with Crippen LogP contribution in [-0.2, 0) is 6.18 Å². The van der Waals surface area contributed by atoms with Crippen LogP contribution in [0.25, 0.3) is 0 Å². The number of nitrogens with one attached hydrogen (secondary N) is 1. The van der Waals surface area contributed by atoms with Gasteiger partial charge in [-0.25, -0.2) is 0 Å². The van der Waals surface area contributed by atoms with Crippen LogP contribution in [0.2, 0.25) is 5.02 Å². The second kappa shape index (κ2) is 5.59. The summed E-state index contributed by atoms with van der Waals surface area (Å²) in [7, 11) is 1.25. The first-order valence-corrected chi connectivity index (χ1v) is 6.49. The largest absolute Gasteiger partial charge is 0.496 e. The average Bonchev–Trinajstić information content (AvgIpc) is 2.37. The molecule has 0 spiro atoms. The molecule has 19 heavy (non-hydrogen) atoms. The lowest BCUT2D eigenvalue weighted by atomic mass is 9.95. The highest BCUT2D eigenvalue weighted by Crippen LogP contribution is 2.43. The van der Waals surface area contributed by atoms with Crippen molar-refractivity contribution in [2.75, 3.05) is 13.7 Å². The van der Waals surface area contributed by atoms with Crippen LogP contribution in [0.15, 0.2) is 12.1 Å². The van der Waals surface area contributed by atoms with Crippen molar-refractivity contribution in [2.45, 2.75) is 31.5 Å². The second-order valence-electron chi connectivity index (χ2n) is 4.58. The summed E-state index contributed by atoms with van der Waals surface area (Å²) in [5, 5.41) is 3.29. The Morgan fingerprint density at radius 2 is 2.05 bits per heavy atom. The quantitative estimate of drug-likeness (QED) is 0.883. The van der Waals surface area contributed by atoms with E-state index in [1.807, 2.05) is 0 Å². The van der Waals surface area contributed by atoms with Crippen molar-refractivity contribution in [1.29, 1.82) is 0 Å². The summed E-state index contributed by atoms with van der Waals surface area (Å²) >= 11 is 5.82. The van der Waals surface area contributed by atoms with Crippen molar-refractivity contribution in [3.63, 3.8) is 0 Å². The lowest BCUT2D eigenvalue weighted by molar-refractivity contribution is -0.138. The number of methoxy groups -OCH3 is 1. The molecule has 0 aromatic heterocycles. The number of rotatable bonds is 2. The predicted molar refractivity (Wildman–Crippen MR) is 67.6 cm³/mol. The Balaban J connectivity index is 2.50. The first-order chi connectivity index (χ1) is 8.93. The Bertz CT molecular complexity index is 456. The lowest BCUT2D eigenvalue weighted by Crippen LogP contribution is -2.27. The van der Waals surface area contributed by atoms with E-state index in [0.29, 0.717) is 5.56 Å². The van der Waals surface area contributed by atoms with Gasteiger partial charge in [0, 0.05) is 16.6 Å². The summed E-state index contributed by atoms with van der Waals surface area (Å²) in [4.78, 5) is 0. The second-order valence-corrected chi connectivity index (χ2v) is 5.01. The Morgan fingerprint density at radius 3 is 2.58 bits per heavy atom. The molecule has 106 valence electrons. The van der Waals surface area contributed by atoms with Crippen molar-refractivity contribution < 1.29 is 17.9 Å². The van der Waals surface area contributed by atoms with Gasteiger partial charge in [-0.1, -0.05) is 18.0 Å². The SMILES string of the molecule is COc1c(C2CCCCN2)cc(Cl)cc1C(F)(F)F. The van der Waals surface area contributed by atoms with Crippen molar-refractivity contribution in [3.05, 3.63) is 28.3 Å². The molecule has 1 aliphatic heterocycles. The Hall–Kier alpha value is -0.940. The Labute approximate surface area is 114 Å². The standard InChI is InChI=1S/C13H15ClF3NO/c1-19-12-9(11-4-2-3-5-18-11)6-8(14)7-10(12)13(15,16)17/h6-7,11,18H,2-5H2,1H3. The van der Waals surface area contributed by atoms with E-state index in [2.05, 4.69) is 5.32 Å². The minimum Gasteiger partial charge on any atom is -0.496 e. The molecule has 0 radical (unpaired) electrons. The molecule has 2 rings (SSSR count). The minimum absolute atomic E-state index is 0.0792. The molecule has 1 atom stereocenters. The molecule has 0 aliphatic carbocycles. The molecule has 1 heterocycles. The van der Waals surface area contributed by atoms with Gasteiger partial charge in [-0.15, -0.1) is 0 Å². The van der Waals surface area contributed by atoms with Gasteiger partial charge in [0.1, 0.15) is 5.75 Å². The maximum atomic E-state index is 13.0. The van der Waals surface area contributed by atoms with Crippen molar-refractivity contribution in [2.24, 2.45) is 0 Å². The smallest absolute Gasteiger partial charge is 0.420 e. The molecule has 6 heteroatoms. The maximum Gasteiger partial charge on any atom is 0.420 e. The third-order valence-electron chi connectivity index (χ3n) is 3.28. The van der Waals surface area contributed by atoms with E-state index in [1.54, 1.807) is 6.07 Å². The molecule has 1 aromatic carbocycles. The van der Waals surface area contributed by atoms with Gasteiger partial charge in [-0.3, -0.25) is 0 Å². The molecule has 1 saturated heterocycles. The normalized spacial score (nSPS) is 20.4. The summed E-state index contributed by atoms with van der Waals surface area (Å²) in [6.45, 7) is 0.793. The number of alkyl halides is 3. The molecule has 1 aromatic rings. The van der Waals surface area contributed by atoms with E-state index in [-0.39, 0.29) is 16.8 Å². The number of hydrogen-bond donors (Lipinski definition) is 1. The van der Waals surface area contributed by atoms with Crippen molar-refractivity contribution in [3.8, 4) is 5.75 Å². The highest BCUT2D eigenvalue weighted by molar-refractivity contribution is 6.30. The van der Waals surface area contributed by atoms with E-state index < -0.39 is 11.7 Å². The van der Waals surface area contributed by atoms with Crippen molar-refractivity contribution in [1.82, 2.24) is 5.32 Å². The van der Waals surface area contributed by atoms with Crippen LogP contribution in [0.3, 0.4) is 0 Å². The van der Waals surface area contributed by atoms with Gasteiger partial charge in [0.2, 0.25) is 0 Å². The highest BCUT2D eigenvalue weighted by Gasteiger charge is 2.37. The third-order valence-corrected chi connectivity index (χ3v) is 3.50. The van der Waals surface area contributed by atoms with Crippen LogP contribution in [0, 0.1) is 0 Å². The van der Waals surface area contributed by atoms with Crippen LogP contribution in [-0.4, -0.2) is 13.7 Å². The molecular weight excluding hydrogens is 279 g/mol. The van der Waals surface area contributed by atoms with E-state index >= 15 is 0 Å². The Morgan fingerprint density at radius 1 is 1.32 bits per heavy atom. The molecule has 1 aliphatic rings. The van der Waals surface area contributed by atoms with Crippen LogP contribution >= 0.6 is 11.6 Å². The van der Waals surface area contributed by atoms with Crippen LogP contribution in [0.4, 0.5) is 13.2 Å². The highest BCUT2D eigenvalue weighted by atomic mass is 35.5. The summed E-state index contributed by atoms with van der Waals surface area (Å²) in [5.74, 6) is -0.128. The van der Waals surface area contributed by atoms with Gasteiger partial charge in [0.05, 0.1) is 12.7 Å². The van der Waals surface area contributed by atoms with Gasteiger partial charge in [-0.05, 0) is 31.5 Å². The van der Waals surface area contributed by atoms with Gasteiger partial charge >= 0.3 is 6.18 Å². The van der Waals surface area contributed by atoms with Gasteiger partial charge < -0.3 is 10.1 Å². The fourth-order valence-corrected chi connectivity index (χ4v) is 2.66. The van der Waals surface area contributed by atoms with E-state index in [9.17, 15) is 13.2 Å². The number of ether oxygens (including phenoxy) is 1. The zero-order valence-electron chi connectivity index (χ0n) is 10.5. The number of benzene rings is 1. The minimum atomic E-state index is -4.47. The van der Waals surface area contributed by atoms with Gasteiger partial charge in [0.15, 0.2) is 0 Å². The maximum absolute atomic E-state index is 13.0. The lowest BCUT2D eigenvalue weighted by Gasteiger charge is -2.27. The summed E-state index contributed by atoms with van der Waals surface area (Å²) in [5.41, 5.74) is -0.327. The zero-order valence-corrected chi connectivity index (χ0v) is 11.2. The molecule has 1 unspecified atom stereocenters. The summed E-state index contributed by atoms with van der Waals surface area (Å²) in [6, 6.07) is 2.33. The van der Waals surface area contributed by atoms with E-state index in [4.69, 9.17) is 16.3 Å². The average molecular weight is 294 g/mol. The zero-order chi connectivity index (χ0) is 14.0. The first kappa shape index (κ1) is 14.5. The fourth-order valence-electron chi connectivity index (χ4n) is 2.43. The Kier molecular flexibility index (Phi) is 4.26. The summed E-state index contributed by atoms with van der Waals surface area (Å²) < 4.78 is 44.0. The molecule has 1 N–H and O–H groups in total. The van der Waals surface area contributed by atoms with Gasteiger partial charge in [0.25, 0.3) is 0 Å². The van der Waals surface area contributed by atoms with Crippen LogP contribution < -0.4 is 10.1 Å². The topological polar surface area (TPSA) is 21.3 Å². The number of halogens is 4. The van der Waals surface area contributed by atoms with E-state index in [1.165, 1.54) is 7.11 Å². The molecular formula is C13H15ClF3NO. The molecule has 2 nitrogen and oxygen atoms in total. The van der Waals surface area contributed by atoms with E-state index in [0.717, 1.165) is 31.9 Å². The molecule has 0 amide bonds. The number of hydrogen-bond acceptors (Lipinski definition) is 2. The molecule has 1 fully saturated rings. The van der Waals surface area contributed by atoms with Crippen LogP contribution in [0.1, 0.15) is 36.4 Å². The van der Waals surface area contributed by atoms with Gasteiger partial charge in [-0.2, -0.15) is 13.2 Å². The third kappa shape index (κ3) is 3.15. The predicted octanol–water partition coefficient (Wildman–Crippen LogP) is 4.18. The monoisotopic (exact) mass is 293 g/mol. The molecule has 0 saturated carbocycles. The summed E-state index contributed by atoms with van der Waals surface area (Å²) in [6.07, 6.45) is -1.67.